The average molecular weight is 241 g/mol. The molecule has 2 nitrogen and oxygen atoms in total. The lowest BCUT2D eigenvalue weighted by atomic mass is 10.1. The van der Waals surface area contributed by atoms with Gasteiger partial charge in [-0.05, 0) is 24.3 Å². The van der Waals surface area contributed by atoms with Crippen molar-refractivity contribution >= 4 is 0 Å². The summed E-state index contributed by atoms with van der Waals surface area (Å²) in [6.07, 6.45) is 1.11. The number of rotatable bonds is 3. The number of ether oxygens (including phenoxy) is 1. The van der Waals surface area contributed by atoms with Gasteiger partial charge in [-0.2, -0.15) is 4.39 Å². The molecule has 1 aromatic carbocycles. The van der Waals surface area contributed by atoms with Gasteiger partial charge in [-0.3, -0.25) is 0 Å². The fourth-order valence-electron chi connectivity index (χ4n) is 1.55. The number of halogens is 3. The summed E-state index contributed by atoms with van der Waals surface area (Å²) in [5, 5.41) is 0. The molecule has 2 aromatic rings. The quantitative estimate of drug-likeness (QED) is 0.804. The molecule has 0 bridgehead atoms. The maximum Gasteiger partial charge on any atom is 0.204 e. The van der Waals surface area contributed by atoms with E-state index in [0.717, 1.165) is 4.57 Å². The number of aromatic nitrogens is 1. The predicted octanol–water partition coefficient (Wildman–Crippen LogP) is 3.29. The largest absolute Gasteiger partial charge is 0.494 e. The first-order valence-electron chi connectivity index (χ1n) is 4.93. The van der Waals surface area contributed by atoms with Crippen LogP contribution in [0.15, 0.2) is 36.7 Å². The van der Waals surface area contributed by atoms with Crippen molar-refractivity contribution in [3.63, 3.8) is 0 Å². The van der Waals surface area contributed by atoms with Crippen LogP contribution in [0.3, 0.4) is 0 Å². The van der Waals surface area contributed by atoms with Crippen molar-refractivity contribution in [3.8, 4) is 5.75 Å². The standard InChI is InChI=1S/C12H10F3NO/c1-17-9-5-4-8(10(13)11(9)14)12(15)16-6-2-3-7-16/h2-7,12H,1H3. The van der Waals surface area contributed by atoms with Crippen LogP contribution in [-0.2, 0) is 0 Å². The van der Waals surface area contributed by atoms with E-state index in [-0.39, 0.29) is 11.3 Å². The van der Waals surface area contributed by atoms with Crippen LogP contribution in [0.1, 0.15) is 11.9 Å². The van der Waals surface area contributed by atoms with Crippen molar-refractivity contribution in [2.45, 2.75) is 6.30 Å². The molecular weight excluding hydrogens is 231 g/mol. The zero-order valence-electron chi connectivity index (χ0n) is 9.03. The van der Waals surface area contributed by atoms with Gasteiger partial charge < -0.3 is 9.30 Å². The van der Waals surface area contributed by atoms with Gasteiger partial charge in [-0.1, -0.05) is 0 Å². The van der Waals surface area contributed by atoms with Gasteiger partial charge in [0.1, 0.15) is 0 Å². The molecule has 0 amide bonds. The first kappa shape index (κ1) is 11.6. The zero-order valence-corrected chi connectivity index (χ0v) is 9.03. The highest BCUT2D eigenvalue weighted by atomic mass is 19.2. The molecule has 1 aromatic heterocycles. The molecule has 0 saturated heterocycles. The molecule has 0 aliphatic carbocycles. The van der Waals surface area contributed by atoms with Gasteiger partial charge in [0.25, 0.3) is 0 Å². The molecule has 1 atom stereocenters. The summed E-state index contributed by atoms with van der Waals surface area (Å²) >= 11 is 0. The monoisotopic (exact) mass is 241 g/mol. The van der Waals surface area contributed by atoms with E-state index in [1.54, 1.807) is 12.1 Å². The van der Waals surface area contributed by atoms with E-state index in [1.807, 2.05) is 0 Å². The maximum atomic E-state index is 13.9. The maximum absolute atomic E-state index is 13.9. The van der Waals surface area contributed by atoms with Gasteiger partial charge in [0.05, 0.1) is 7.11 Å². The number of benzene rings is 1. The van der Waals surface area contributed by atoms with Crippen molar-refractivity contribution in [3.05, 3.63) is 53.9 Å². The van der Waals surface area contributed by atoms with E-state index in [4.69, 9.17) is 0 Å². The van der Waals surface area contributed by atoms with Gasteiger partial charge in [0.15, 0.2) is 11.6 Å². The molecule has 2 rings (SSSR count). The SMILES string of the molecule is COc1ccc(C(F)n2cccc2)c(F)c1F. The molecule has 0 spiro atoms. The highest BCUT2D eigenvalue weighted by Gasteiger charge is 2.21. The van der Waals surface area contributed by atoms with Crippen LogP contribution in [0.25, 0.3) is 0 Å². The smallest absolute Gasteiger partial charge is 0.204 e. The first-order valence-corrected chi connectivity index (χ1v) is 4.93. The Hall–Kier alpha value is -1.91. The van der Waals surface area contributed by atoms with Gasteiger partial charge >= 0.3 is 0 Å². The third-order valence-corrected chi connectivity index (χ3v) is 2.44. The summed E-state index contributed by atoms with van der Waals surface area (Å²) in [6, 6.07) is 5.57. The lowest BCUT2D eigenvalue weighted by Crippen LogP contribution is -2.07. The predicted molar refractivity (Wildman–Crippen MR) is 56.6 cm³/mol. The summed E-state index contributed by atoms with van der Waals surface area (Å²) in [4.78, 5) is 0. The number of alkyl halides is 1. The van der Waals surface area contributed by atoms with E-state index in [9.17, 15) is 13.2 Å². The van der Waals surface area contributed by atoms with E-state index in [0.29, 0.717) is 0 Å². The van der Waals surface area contributed by atoms with Crippen molar-refractivity contribution in [1.82, 2.24) is 4.57 Å². The molecule has 1 heterocycles. The van der Waals surface area contributed by atoms with Crippen LogP contribution < -0.4 is 4.74 Å². The summed E-state index contributed by atoms with van der Waals surface area (Å²) in [5.74, 6) is -2.66. The molecule has 17 heavy (non-hydrogen) atoms. The molecule has 0 fully saturated rings. The summed E-state index contributed by atoms with van der Waals surface area (Å²) in [5.41, 5.74) is -0.362. The topological polar surface area (TPSA) is 14.2 Å². The Morgan fingerprint density at radius 2 is 1.76 bits per heavy atom. The highest BCUT2D eigenvalue weighted by molar-refractivity contribution is 5.32. The van der Waals surface area contributed by atoms with Gasteiger partial charge in [-0.15, -0.1) is 0 Å². The number of nitrogens with zero attached hydrogens (tertiary/aromatic N) is 1. The lowest BCUT2D eigenvalue weighted by Gasteiger charge is -2.13. The van der Waals surface area contributed by atoms with Crippen LogP contribution in [0.5, 0.6) is 5.75 Å². The van der Waals surface area contributed by atoms with Gasteiger partial charge in [0, 0.05) is 18.0 Å². The van der Waals surface area contributed by atoms with Gasteiger partial charge in [0.2, 0.25) is 12.1 Å². The van der Waals surface area contributed by atoms with Crippen LogP contribution >= 0.6 is 0 Å². The summed E-state index contributed by atoms with van der Waals surface area (Å²) < 4.78 is 46.6. The second-order valence-electron chi connectivity index (χ2n) is 3.45. The fraction of sp³-hybridized carbons (Fsp3) is 0.167. The lowest BCUT2D eigenvalue weighted by molar-refractivity contribution is 0.280. The molecular formula is C12H10F3NO. The van der Waals surface area contributed by atoms with Crippen molar-refractivity contribution in [2.24, 2.45) is 0 Å². The minimum Gasteiger partial charge on any atom is -0.494 e. The zero-order chi connectivity index (χ0) is 12.4. The second kappa shape index (κ2) is 4.53. The van der Waals surface area contributed by atoms with Crippen molar-refractivity contribution in [2.75, 3.05) is 7.11 Å². The molecule has 0 aliphatic heterocycles. The molecule has 5 heteroatoms. The minimum absolute atomic E-state index is 0.244. The Bertz CT molecular complexity index is 511. The Balaban J connectivity index is 2.43. The molecule has 90 valence electrons. The Kier molecular flexibility index (Phi) is 3.08. The summed E-state index contributed by atoms with van der Waals surface area (Å²) in [6.45, 7) is 0. The highest BCUT2D eigenvalue weighted by Crippen LogP contribution is 2.29. The Morgan fingerprint density at radius 1 is 1.12 bits per heavy atom. The van der Waals surface area contributed by atoms with E-state index in [2.05, 4.69) is 4.74 Å². The summed E-state index contributed by atoms with van der Waals surface area (Å²) in [7, 11) is 1.22. The van der Waals surface area contributed by atoms with Gasteiger partial charge in [-0.25, -0.2) is 8.78 Å². The number of hydrogen-bond donors (Lipinski definition) is 0. The average Bonchev–Trinajstić information content (AvgIpc) is 2.85. The van der Waals surface area contributed by atoms with E-state index in [1.165, 1.54) is 31.6 Å². The molecule has 0 N–H and O–H groups in total. The molecule has 1 unspecified atom stereocenters. The van der Waals surface area contributed by atoms with Crippen LogP contribution in [-0.4, -0.2) is 11.7 Å². The van der Waals surface area contributed by atoms with E-state index < -0.39 is 17.9 Å². The Labute approximate surface area is 96.2 Å². The normalized spacial score (nSPS) is 12.5. The second-order valence-corrected chi connectivity index (χ2v) is 3.45. The first-order chi connectivity index (χ1) is 8.15. The van der Waals surface area contributed by atoms with Crippen molar-refractivity contribution in [1.29, 1.82) is 0 Å². The third-order valence-electron chi connectivity index (χ3n) is 2.44. The Morgan fingerprint density at radius 3 is 2.35 bits per heavy atom. The van der Waals surface area contributed by atoms with Crippen molar-refractivity contribution < 1.29 is 17.9 Å². The van der Waals surface area contributed by atoms with E-state index >= 15 is 0 Å². The molecule has 0 aliphatic rings. The molecule has 0 saturated carbocycles. The van der Waals surface area contributed by atoms with Crippen LogP contribution in [0, 0.1) is 11.6 Å². The fourth-order valence-corrected chi connectivity index (χ4v) is 1.55. The third kappa shape index (κ3) is 2.00. The number of methoxy groups -OCH3 is 1. The van der Waals surface area contributed by atoms with Crippen LogP contribution in [0.4, 0.5) is 13.2 Å². The number of hydrogen-bond acceptors (Lipinski definition) is 1. The van der Waals surface area contributed by atoms with Crippen LogP contribution in [0.2, 0.25) is 0 Å². The molecule has 0 radical (unpaired) electrons. The minimum atomic E-state index is -1.76.